The average Bonchev–Trinajstić information content (AvgIpc) is 3.24. The summed E-state index contributed by atoms with van der Waals surface area (Å²) in [5.74, 6) is -6.50. The van der Waals surface area contributed by atoms with Crippen LogP contribution < -0.4 is 16.8 Å². The number of amides is 7. The van der Waals surface area contributed by atoms with Crippen molar-refractivity contribution in [2.75, 3.05) is 46.7 Å². The Hall–Kier alpha value is -4.23. The number of carbonyl (C=O) groups is 8. The van der Waals surface area contributed by atoms with Crippen LogP contribution in [0.5, 0.6) is 0 Å². The van der Waals surface area contributed by atoms with Crippen LogP contribution in [0.2, 0.25) is 0 Å². The number of likely N-dealkylation sites (N-methyl/N-ethyl adjacent to an activating group) is 5. The summed E-state index contributed by atoms with van der Waals surface area (Å²) in [6, 6.07) is -8.38. The molecule has 0 spiro atoms. The third-order valence-electron chi connectivity index (χ3n) is 12.0. The standard InChI is InChI=1S/C47H86N8O10S/c1-17-19-20-31(11)40(57)39(55(16)46(63)38(30(9)10)54(15)44(61)35(24-29(7)8)51(12)37(56)22-21-27(3)4)42(59)50-33(18-2)43(60)53(14)36(26-66-25-32(48)47(64)65)45(62)52(13)34(41(49)58)23-28(5)6/h17,19,27-36,38-40,57H,18,20-26,48H2,1-16H3,(H2,49,58)(H,50,59)(H,64,65)/b19-17+/t31-,32+,33+,34+,35+,36-,38+,39+,40-/m1/s1. The summed E-state index contributed by atoms with van der Waals surface area (Å²) >= 11 is 1.02. The Morgan fingerprint density at radius 3 is 1.62 bits per heavy atom. The maximum atomic E-state index is 14.8. The molecule has 0 rings (SSSR count). The van der Waals surface area contributed by atoms with Crippen LogP contribution in [-0.4, -0.2) is 177 Å². The molecule has 18 nitrogen and oxygen atoms in total. The van der Waals surface area contributed by atoms with Gasteiger partial charge in [0.1, 0.15) is 42.3 Å². The zero-order chi connectivity index (χ0) is 51.5. The normalized spacial score (nSPS) is 15.9. The first kappa shape index (κ1) is 61.8. The zero-order valence-corrected chi connectivity index (χ0v) is 43.6. The van der Waals surface area contributed by atoms with Crippen LogP contribution in [0.25, 0.3) is 0 Å². The molecule has 0 aromatic carbocycles. The van der Waals surface area contributed by atoms with Crippen LogP contribution in [0.4, 0.5) is 0 Å². The first-order valence-corrected chi connectivity index (χ1v) is 24.4. The van der Waals surface area contributed by atoms with E-state index in [4.69, 9.17) is 11.5 Å². The molecule has 0 aliphatic carbocycles. The molecule has 380 valence electrons. The van der Waals surface area contributed by atoms with Crippen LogP contribution in [0.3, 0.4) is 0 Å². The number of nitrogens with two attached hydrogens (primary N) is 2. The van der Waals surface area contributed by atoms with Crippen molar-refractivity contribution >= 4 is 59.1 Å². The maximum absolute atomic E-state index is 14.8. The van der Waals surface area contributed by atoms with Gasteiger partial charge in [-0.2, -0.15) is 11.8 Å². The lowest BCUT2D eigenvalue weighted by Gasteiger charge is -2.41. The van der Waals surface area contributed by atoms with E-state index in [1.807, 2.05) is 54.5 Å². The van der Waals surface area contributed by atoms with Gasteiger partial charge < -0.3 is 51.5 Å². The first-order chi connectivity index (χ1) is 30.5. The lowest BCUT2D eigenvalue weighted by atomic mass is 9.91. The van der Waals surface area contributed by atoms with Gasteiger partial charge in [-0.15, -0.1) is 0 Å². The lowest BCUT2D eigenvalue weighted by molar-refractivity contribution is -0.156. The molecular formula is C47H86N8O10S. The monoisotopic (exact) mass is 955 g/mol. The highest BCUT2D eigenvalue weighted by atomic mass is 32.2. The number of primary amides is 1. The van der Waals surface area contributed by atoms with Gasteiger partial charge in [-0.1, -0.05) is 81.4 Å². The van der Waals surface area contributed by atoms with Gasteiger partial charge in [-0.25, -0.2) is 0 Å². The number of hydrogen-bond donors (Lipinski definition) is 5. The van der Waals surface area contributed by atoms with E-state index in [0.717, 1.165) is 21.6 Å². The molecule has 0 fully saturated rings. The smallest absolute Gasteiger partial charge is 0.321 e. The lowest BCUT2D eigenvalue weighted by Crippen LogP contribution is -2.63. The van der Waals surface area contributed by atoms with Crippen LogP contribution in [-0.2, 0) is 38.4 Å². The topological polar surface area (TPSA) is 257 Å². The fourth-order valence-electron chi connectivity index (χ4n) is 7.63. The van der Waals surface area contributed by atoms with E-state index in [-0.39, 0.29) is 54.4 Å². The van der Waals surface area contributed by atoms with Crippen molar-refractivity contribution in [2.24, 2.45) is 41.1 Å². The SMILES string of the molecule is C/C=C/C[C@@H](C)[C@@H](O)[C@@H](C(=O)N[C@@H](CC)C(=O)N(C)[C@H](CSC[C@H](N)C(=O)O)C(=O)N(C)[C@@H](CC(C)C)C(N)=O)N(C)C(=O)[C@H](C(C)C)N(C)C(=O)[C@H](CC(C)C)N(C)C(=O)CCC(C)C. The number of carboxylic acids is 1. The number of carbonyl (C=O) groups excluding carboxylic acids is 7. The molecule has 66 heavy (non-hydrogen) atoms. The molecule has 7 amide bonds. The average molecular weight is 955 g/mol. The number of aliphatic hydroxyl groups is 1. The van der Waals surface area contributed by atoms with Crippen molar-refractivity contribution < 1.29 is 48.6 Å². The fraction of sp³-hybridized carbons (Fsp3) is 0.787. The summed E-state index contributed by atoms with van der Waals surface area (Å²) in [7, 11) is 7.22. The summed E-state index contributed by atoms with van der Waals surface area (Å²) < 4.78 is 0. The number of carboxylic acid groups (broad SMARTS) is 1. The quantitative estimate of drug-likeness (QED) is 0.0652. The van der Waals surface area contributed by atoms with Gasteiger partial charge in [0.05, 0.1) is 6.10 Å². The molecule has 0 heterocycles. The van der Waals surface area contributed by atoms with Crippen molar-refractivity contribution in [1.29, 1.82) is 0 Å². The second-order valence-corrected chi connectivity index (χ2v) is 20.4. The molecule has 0 aliphatic heterocycles. The number of aliphatic carboxylic acids is 1. The van der Waals surface area contributed by atoms with Gasteiger partial charge in [-0.3, -0.25) is 38.4 Å². The van der Waals surface area contributed by atoms with Crippen molar-refractivity contribution in [3.8, 4) is 0 Å². The van der Waals surface area contributed by atoms with Crippen molar-refractivity contribution in [3.63, 3.8) is 0 Å². The molecule has 0 saturated carbocycles. The summed E-state index contributed by atoms with van der Waals surface area (Å²) in [6.07, 6.45) is 3.99. The Morgan fingerprint density at radius 1 is 0.667 bits per heavy atom. The highest BCUT2D eigenvalue weighted by Gasteiger charge is 2.44. The molecule has 19 heteroatoms. The first-order valence-electron chi connectivity index (χ1n) is 23.3. The van der Waals surface area contributed by atoms with Crippen LogP contribution in [0, 0.1) is 29.6 Å². The summed E-state index contributed by atoms with van der Waals surface area (Å²) in [6.45, 7) is 20.3. The zero-order valence-electron chi connectivity index (χ0n) is 42.8. The minimum atomic E-state index is -1.56. The van der Waals surface area contributed by atoms with Gasteiger partial charge in [-0.05, 0) is 68.6 Å². The van der Waals surface area contributed by atoms with Gasteiger partial charge in [0.15, 0.2) is 0 Å². The Labute approximate surface area is 399 Å². The number of hydrogen-bond acceptors (Lipinski definition) is 11. The second kappa shape index (κ2) is 29.5. The minimum Gasteiger partial charge on any atom is -0.480 e. The van der Waals surface area contributed by atoms with E-state index < -0.39 is 102 Å². The maximum Gasteiger partial charge on any atom is 0.321 e. The van der Waals surface area contributed by atoms with Crippen LogP contribution in [0.15, 0.2) is 12.2 Å². The molecule has 0 aromatic heterocycles. The molecular weight excluding hydrogens is 869 g/mol. The Balaban J connectivity index is 7.17. The number of nitrogens with zero attached hydrogens (tertiary/aromatic N) is 5. The van der Waals surface area contributed by atoms with E-state index in [9.17, 15) is 48.6 Å². The summed E-state index contributed by atoms with van der Waals surface area (Å²) in [5.41, 5.74) is 11.4. The number of aliphatic hydroxyl groups excluding tert-OH is 1. The Kier molecular flexibility index (Phi) is 27.6. The largest absolute Gasteiger partial charge is 0.480 e. The number of thioether (sulfide) groups is 1. The number of allylic oxidation sites excluding steroid dienone is 2. The highest BCUT2D eigenvalue weighted by Crippen LogP contribution is 2.24. The fourth-order valence-corrected chi connectivity index (χ4v) is 8.75. The predicted octanol–water partition coefficient (Wildman–Crippen LogP) is 2.79. The van der Waals surface area contributed by atoms with Crippen molar-refractivity contribution in [1.82, 2.24) is 29.8 Å². The molecule has 0 aromatic rings. The predicted molar refractivity (Wildman–Crippen MR) is 260 cm³/mol. The Bertz CT molecular complexity index is 1640. The van der Waals surface area contributed by atoms with Crippen molar-refractivity contribution in [3.05, 3.63) is 12.2 Å². The van der Waals surface area contributed by atoms with Crippen molar-refractivity contribution in [2.45, 2.75) is 163 Å². The minimum absolute atomic E-state index is 0.0149. The van der Waals surface area contributed by atoms with E-state index in [1.54, 1.807) is 40.8 Å². The van der Waals surface area contributed by atoms with E-state index >= 15 is 0 Å². The summed E-state index contributed by atoms with van der Waals surface area (Å²) in [4.78, 5) is 116. The Morgan fingerprint density at radius 2 is 1.17 bits per heavy atom. The molecule has 0 unspecified atom stereocenters. The van der Waals surface area contributed by atoms with Gasteiger partial charge in [0.25, 0.3) is 0 Å². The third kappa shape index (κ3) is 18.8. The highest BCUT2D eigenvalue weighted by molar-refractivity contribution is 7.99. The molecule has 0 saturated heterocycles. The number of rotatable bonds is 30. The van der Waals surface area contributed by atoms with Gasteiger partial charge in [0, 0.05) is 53.2 Å². The van der Waals surface area contributed by atoms with Crippen LogP contribution >= 0.6 is 11.8 Å². The molecule has 0 aliphatic rings. The molecule has 0 radical (unpaired) electrons. The van der Waals surface area contributed by atoms with E-state index in [2.05, 4.69) is 5.32 Å². The summed E-state index contributed by atoms with van der Waals surface area (Å²) in [5, 5.41) is 24.0. The molecule has 0 bridgehead atoms. The second-order valence-electron chi connectivity index (χ2n) is 19.3. The van der Waals surface area contributed by atoms with Gasteiger partial charge >= 0.3 is 5.97 Å². The van der Waals surface area contributed by atoms with E-state index in [1.165, 1.54) is 42.9 Å². The van der Waals surface area contributed by atoms with Crippen LogP contribution in [0.1, 0.15) is 115 Å². The van der Waals surface area contributed by atoms with Gasteiger partial charge in [0.2, 0.25) is 41.4 Å². The third-order valence-corrected chi connectivity index (χ3v) is 13.1. The van der Waals surface area contributed by atoms with E-state index in [0.29, 0.717) is 19.3 Å². The molecule has 9 atom stereocenters. The number of nitrogens with one attached hydrogen (secondary N) is 1. The molecule has 7 N–H and O–H groups in total.